The van der Waals surface area contributed by atoms with Crippen LogP contribution in [0.15, 0.2) is 122 Å². The minimum atomic E-state index is -0.794. The van der Waals surface area contributed by atoms with E-state index in [4.69, 9.17) is 14.2 Å². The molecule has 1 atom stereocenters. The predicted molar refractivity (Wildman–Crippen MR) is 320 cm³/mol. The Hall–Kier alpha value is -4.19. The van der Waals surface area contributed by atoms with Crippen LogP contribution in [-0.2, 0) is 28.6 Å². The highest BCUT2D eigenvalue weighted by Gasteiger charge is 2.19. The van der Waals surface area contributed by atoms with Crippen LogP contribution in [0.3, 0.4) is 0 Å². The molecular weight excluding hydrogens is 913 g/mol. The molecule has 0 rings (SSSR count). The number of hydrogen-bond donors (Lipinski definition) is 0. The Morgan fingerprint density at radius 3 is 0.838 bits per heavy atom. The van der Waals surface area contributed by atoms with Gasteiger partial charge in [-0.3, -0.25) is 14.4 Å². The average Bonchev–Trinajstić information content (AvgIpc) is 3.40. The first-order valence-electron chi connectivity index (χ1n) is 30.5. The fourth-order valence-electron chi connectivity index (χ4n) is 8.20. The van der Waals surface area contributed by atoms with Crippen LogP contribution in [0.2, 0.25) is 0 Å². The average molecular weight is 1030 g/mol. The number of carbonyl (C=O) groups is 3. The van der Waals surface area contributed by atoms with E-state index in [-0.39, 0.29) is 37.5 Å². The summed E-state index contributed by atoms with van der Waals surface area (Å²) in [5.74, 6) is -0.933. The van der Waals surface area contributed by atoms with Crippen LogP contribution in [0.4, 0.5) is 0 Å². The molecule has 0 N–H and O–H groups in total. The summed E-state index contributed by atoms with van der Waals surface area (Å²) in [5, 5.41) is 0. The van der Waals surface area contributed by atoms with Crippen LogP contribution >= 0.6 is 0 Å². The molecule has 0 fully saturated rings. The summed E-state index contributed by atoms with van der Waals surface area (Å²) in [5.41, 5.74) is 0. The Balaban J connectivity index is 4.10. The van der Waals surface area contributed by atoms with Gasteiger partial charge in [-0.05, 0) is 109 Å². The van der Waals surface area contributed by atoms with Gasteiger partial charge in [-0.1, -0.05) is 264 Å². The zero-order chi connectivity index (χ0) is 53.6. The maximum absolute atomic E-state index is 12.8. The van der Waals surface area contributed by atoms with Gasteiger partial charge in [-0.25, -0.2) is 0 Å². The van der Waals surface area contributed by atoms with Gasteiger partial charge in [0.15, 0.2) is 6.10 Å². The molecule has 0 saturated carbocycles. The molecule has 0 radical (unpaired) electrons. The van der Waals surface area contributed by atoms with E-state index in [0.717, 1.165) is 128 Å². The van der Waals surface area contributed by atoms with Crippen molar-refractivity contribution in [1.82, 2.24) is 0 Å². The lowest BCUT2D eigenvalue weighted by Gasteiger charge is -2.18. The number of esters is 3. The smallest absolute Gasteiger partial charge is 0.306 e. The Kier molecular flexibility index (Phi) is 57.9. The third-order valence-corrected chi connectivity index (χ3v) is 12.7. The van der Waals surface area contributed by atoms with Gasteiger partial charge in [0, 0.05) is 19.3 Å². The molecule has 0 aromatic rings. The number of allylic oxidation sites excluding steroid dienone is 20. The normalized spacial score (nSPS) is 13.0. The zero-order valence-electron chi connectivity index (χ0n) is 48.1. The van der Waals surface area contributed by atoms with Crippen molar-refractivity contribution in [2.75, 3.05) is 13.2 Å². The van der Waals surface area contributed by atoms with Crippen molar-refractivity contribution in [2.24, 2.45) is 0 Å². The van der Waals surface area contributed by atoms with E-state index >= 15 is 0 Å². The van der Waals surface area contributed by atoms with E-state index in [9.17, 15) is 14.4 Å². The number of hydrogen-bond acceptors (Lipinski definition) is 6. The molecule has 0 aliphatic carbocycles. The number of rotatable bonds is 54. The third kappa shape index (κ3) is 58.7. The highest BCUT2D eigenvalue weighted by molar-refractivity contribution is 5.71. The van der Waals surface area contributed by atoms with E-state index in [1.165, 1.54) is 103 Å². The largest absolute Gasteiger partial charge is 0.462 e. The lowest BCUT2D eigenvalue weighted by molar-refractivity contribution is -0.167. The number of unbranched alkanes of at least 4 members (excludes halogenated alkanes) is 23. The summed E-state index contributed by atoms with van der Waals surface area (Å²) in [6, 6.07) is 0. The van der Waals surface area contributed by atoms with Gasteiger partial charge in [0.25, 0.3) is 0 Å². The quantitative estimate of drug-likeness (QED) is 0.0261. The van der Waals surface area contributed by atoms with Crippen molar-refractivity contribution in [3.8, 4) is 0 Å². The van der Waals surface area contributed by atoms with Crippen molar-refractivity contribution in [3.63, 3.8) is 0 Å². The van der Waals surface area contributed by atoms with Crippen LogP contribution in [0.5, 0.6) is 0 Å². The topological polar surface area (TPSA) is 78.9 Å². The van der Waals surface area contributed by atoms with Gasteiger partial charge in [0.1, 0.15) is 13.2 Å². The monoisotopic (exact) mass is 1020 g/mol. The molecule has 6 heteroatoms. The minimum Gasteiger partial charge on any atom is -0.462 e. The molecule has 0 aliphatic heterocycles. The Bertz CT molecular complexity index is 1550. The van der Waals surface area contributed by atoms with E-state index in [1.807, 2.05) is 0 Å². The first-order chi connectivity index (χ1) is 36.5. The molecular formula is C68H112O6. The molecule has 0 amide bonds. The maximum atomic E-state index is 12.8. The van der Waals surface area contributed by atoms with Gasteiger partial charge in [-0.15, -0.1) is 0 Å². The molecule has 6 nitrogen and oxygen atoms in total. The summed E-state index contributed by atoms with van der Waals surface area (Å²) in [7, 11) is 0. The third-order valence-electron chi connectivity index (χ3n) is 12.7. The predicted octanol–water partition coefficient (Wildman–Crippen LogP) is 20.8. The molecule has 0 aromatic carbocycles. The van der Waals surface area contributed by atoms with Crippen molar-refractivity contribution in [2.45, 2.75) is 277 Å². The standard InChI is InChI=1S/C68H112O6/c1-4-7-10-13-16-18-20-22-24-26-28-29-30-31-32-33-34-35-36-37-38-39-41-42-44-46-48-50-52-55-58-61-67(70)73-64-65(63-72-66(69)60-57-54-15-12-9-6-3)74-68(71)62-59-56-53-51-49-47-45-43-40-27-25-23-21-19-17-14-11-8-5-2/h7-8,10-11,16-19,22-25,28-29,31-32,40,43,47,49,65H,4-6,9,12-15,20-21,26-27,30,33-39,41-42,44-46,48,50-64H2,1-3H3/b10-7-,11-8-,18-16-,19-17-,24-22-,25-23-,29-28-,32-31-,43-40-,49-47-. The number of carbonyl (C=O) groups excluding carboxylic acids is 3. The summed E-state index contributed by atoms with van der Waals surface area (Å²) in [4.78, 5) is 37.9. The van der Waals surface area contributed by atoms with Crippen LogP contribution in [0, 0.1) is 0 Å². The fraction of sp³-hybridized carbons (Fsp3) is 0.662. The van der Waals surface area contributed by atoms with E-state index in [2.05, 4.69) is 142 Å². The maximum Gasteiger partial charge on any atom is 0.306 e. The molecule has 0 bridgehead atoms. The molecule has 0 heterocycles. The van der Waals surface area contributed by atoms with Crippen LogP contribution in [0.1, 0.15) is 271 Å². The highest BCUT2D eigenvalue weighted by atomic mass is 16.6. The van der Waals surface area contributed by atoms with Crippen molar-refractivity contribution in [3.05, 3.63) is 122 Å². The lowest BCUT2D eigenvalue weighted by Crippen LogP contribution is -2.30. The summed E-state index contributed by atoms with van der Waals surface area (Å²) in [6.07, 6.45) is 85.3. The fourth-order valence-corrected chi connectivity index (χ4v) is 8.20. The molecule has 0 aliphatic rings. The van der Waals surface area contributed by atoms with E-state index in [0.29, 0.717) is 12.8 Å². The van der Waals surface area contributed by atoms with Gasteiger partial charge in [0.2, 0.25) is 0 Å². The second-order valence-corrected chi connectivity index (χ2v) is 19.9. The van der Waals surface area contributed by atoms with E-state index in [1.54, 1.807) is 0 Å². The zero-order valence-corrected chi connectivity index (χ0v) is 48.1. The van der Waals surface area contributed by atoms with Crippen LogP contribution in [-0.4, -0.2) is 37.2 Å². The Morgan fingerprint density at radius 2 is 0.527 bits per heavy atom. The van der Waals surface area contributed by atoms with Crippen LogP contribution in [0.25, 0.3) is 0 Å². The number of ether oxygens (including phenoxy) is 3. The first-order valence-corrected chi connectivity index (χ1v) is 30.5. The molecule has 74 heavy (non-hydrogen) atoms. The van der Waals surface area contributed by atoms with Crippen molar-refractivity contribution in [1.29, 1.82) is 0 Å². The molecule has 420 valence electrons. The molecule has 0 saturated heterocycles. The molecule has 1 unspecified atom stereocenters. The van der Waals surface area contributed by atoms with Gasteiger partial charge in [-0.2, -0.15) is 0 Å². The summed E-state index contributed by atoms with van der Waals surface area (Å²) < 4.78 is 16.7. The second-order valence-electron chi connectivity index (χ2n) is 19.9. The van der Waals surface area contributed by atoms with Gasteiger partial charge >= 0.3 is 17.9 Å². The highest BCUT2D eigenvalue weighted by Crippen LogP contribution is 2.16. The van der Waals surface area contributed by atoms with Crippen molar-refractivity contribution >= 4 is 17.9 Å². The van der Waals surface area contributed by atoms with Gasteiger partial charge < -0.3 is 14.2 Å². The SMILES string of the molecule is CC/C=C\C/C=C\C/C=C\C/C=C\C/C=C\CCCCCCCCCCCCCCCCCC(=O)OCC(COC(=O)CCCCCCCC)OC(=O)CCCCC/C=C\C/C=C\C/C=C\C/C=C\C/C=C\CC. The molecule has 0 spiro atoms. The van der Waals surface area contributed by atoms with E-state index < -0.39 is 6.10 Å². The summed E-state index contributed by atoms with van der Waals surface area (Å²) in [6.45, 7) is 6.33. The lowest BCUT2D eigenvalue weighted by atomic mass is 10.0. The molecule has 0 aromatic heterocycles. The van der Waals surface area contributed by atoms with Gasteiger partial charge in [0.05, 0.1) is 0 Å². The minimum absolute atomic E-state index is 0.0919. The second kappa shape index (κ2) is 61.4. The Labute approximate surface area is 456 Å². The van der Waals surface area contributed by atoms with Crippen molar-refractivity contribution < 1.29 is 28.6 Å². The Morgan fingerprint density at radius 1 is 0.284 bits per heavy atom. The summed E-state index contributed by atoms with van der Waals surface area (Å²) >= 11 is 0. The first kappa shape index (κ1) is 69.8. The van der Waals surface area contributed by atoms with Crippen LogP contribution < -0.4 is 0 Å².